The Morgan fingerprint density at radius 2 is 1.94 bits per heavy atom. The van der Waals surface area contributed by atoms with E-state index in [2.05, 4.69) is 60.5 Å². The van der Waals surface area contributed by atoms with Crippen molar-refractivity contribution in [3.8, 4) is 0 Å². The summed E-state index contributed by atoms with van der Waals surface area (Å²) in [6.07, 6.45) is 8.32. The van der Waals surface area contributed by atoms with Crippen LogP contribution in [0, 0.1) is 0 Å². The summed E-state index contributed by atoms with van der Waals surface area (Å²) in [5.41, 5.74) is 11.2. The highest BCUT2D eigenvalue weighted by Gasteiger charge is 2.26. The molecule has 33 heavy (non-hydrogen) atoms. The van der Waals surface area contributed by atoms with Crippen molar-refractivity contribution in [1.82, 2.24) is 9.97 Å². The minimum atomic E-state index is -0.416. The van der Waals surface area contributed by atoms with Crippen LogP contribution in [0.25, 0.3) is 11.6 Å². The lowest BCUT2D eigenvalue weighted by Gasteiger charge is -2.29. The van der Waals surface area contributed by atoms with E-state index >= 15 is 0 Å². The van der Waals surface area contributed by atoms with E-state index in [1.165, 1.54) is 11.1 Å². The predicted octanol–water partition coefficient (Wildman–Crippen LogP) is 3.94. The lowest BCUT2D eigenvalue weighted by atomic mass is 10.0. The first-order chi connectivity index (χ1) is 16.1. The first-order valence-electron chi connectivity index (χ1n) is 11.6. The molecule has 0 spiro atoms. The van der Waals surface area contributed by atoms with E-state index < -0.39 is 5.91 Å². The Bertz CT molecular complexity index is 1100. The van der Waals surface area contributed by atoms with Gasteiger partial charge in [0.2, 0.25) is 11.9 Å². The second-order valence-electron chi connectivity index (χ2n) is 8.13. The van der Waals surface area contributed by atoms with Crippen LogP contribution in [0.5, 0.6) is 0 Å². The lowest BCUT2D eigenvalue weighted by molar-refractivity contribution is -0.114. The number of fused-ring (bicyclic) bond motifs is 1. The number of ether oxygens (including phenoxy) is 1. The average Bonchev–Trinajstić information content (AvgIpc) is 3.28. The third-order valence-corrected chi connectivity index (χ3v) is 5.86. The number of benzene rings is 1. The Morgan fingerprint density at radius 1 is 1.18 bits per heavy atom. The van der Waals surface area contributed by atoms with E-state index in [0.29, 0.717) is 31.2 Å². The molecule has 0 saturated carbocycles. The molecule has 1 aromatic heterocycles. The zero-order valence-corrected chi connectivity index (χ0v) is 19.3. The van der Waals surface area contributed by atoms with Crippen molar-refractivity contribution in [3.05, 3.63) is 70.6 Å². The number of carbonyl (C=O) groups excluding carboxylic acids is 1. The second kappa shape index (κ2) is 10.4. The van der Waals surface area contributed by atoms with Crippen LogP contribution >= 0.6 is 0 Å². The van der Waals surface area contributed by atoms with E-state index in [9.17, 15) is 4.79 Å². The molecule has 2 aromatic rings. The smallest absolute Gasteiger partial charge is 0.245 e. The van der Waals surface area contributed by atoms with Crippen molar-refractivity contribution in [1.29, 1.82) is 0 Å². The summed E-state index contributed by atoms with van der Waals surface area (Å²) in [6.45, 7) is 7.06. The zero-order valence-electron chi connectivity index (χ0n) is 19.3. The molecule has 1 amide bonds. The average molecular weight is 446 g/mol. The van der Waals surface area contributed by atoms with E-state index in [1.807, 2.05) is 6.07 Å². The molecule has 2 aliphatic rings. The zero-order chi connectivity index (χ0) is 23.2. The molecule has 1 fully saturated rings. The molecule has 3 N–H and O–H groups in total. The van der Waals surface area contributed by atoms with Gasteiger partial charge in [-0.25, -0.2) is 4.98 Å². The van der Waals surface area contributed by atoms with Crippen LogP contribution in [-0.2, 0) is 16.0 Å². The Morgan fingerprint density at radius 3 is 2.61 bits per heavy atom. The topological polar surface area (TPSA) is 93.4 Å². The lowest BCUT2D eigenvalue weighted by Crippen LogP contribution is -2.37. The molecule has 0 unspecified atom stereocenters. The molecule has 2 heterocycles. The van der Waals surface area contributed by atoms with Gasteiger partial charge in [0.1, 0.15) is 5.82 Å². The number of nitrogens with one attached hydrogen (secondary N) is 1. The van der Waals surface area contributed by atoms with Crippen LogP contribution in [0.4, 0.5) is 11.8 Å². The minimum Gasteiger partial charge on any atom is -0.378 e. The molecule has 0 radical (unpaired) electrons. The molecule has 7 nitrogen and oxygen atoms in total. The van der Waals surface area contributed by atoms with Gasteiger partial charge in [0.05, 0.1) is 18.9 Å². The number of anilines is 2. The Hall–Kier alpha value is -3.45. The summed E-state index contributed by atoms with van der Waals surface area (Å²) in [4.78, 5) is 23.7. The summed E-state index contributed by atoms with van der Waals surface area (Å²) >= 11 is 0. The molecule has 172 valence electrons. The van der Waals surface area contributed by atoms with Gasteiger partial charge in [-0.1, -0.05) is 50.3 Å². The van der Waals surface area contributed by atoms with E-state index in [-0.39, 0.29) is 0 Å². The molecule has 1 aromatic carbocycles. The minimum absolute atomic E-state index is 0.416. The summed E-state index contributed by atoms with van der Waals surface area (Å²) in [5.74, 6) is 0.939. The largest absolute Gasteiger partial charge is 0.378 e. The molecule has 1 aliphatic heterocycles. The number of carbonyl (C=O) groups is 1. The molecule has 0 bridgehead atoms. The van der Waals surface area contributed by atoms with E-state index in [4.69, 9.17) is 20.4 Å². The Labute approximate surface area is 195 Å². The van der Waals surface area contributed by atoms with Gasteiger partial charge in [0.25, 0.3) is 0 Å². The predicted molar refractivity (Wildman–Crippen MR) is 133 cm³/mol. The maximum atomic E-state index is 11.8. The number of hydrogen-bond donors (Lipinski definition) is 2. The van der Waals surface area contributed by atoms with Crippen molar-refractivity contribution in [2.75, 3.05) is 36.5 Å². The van der Waals surface area contributed by atoms with Gasteiger partial charge in [0, 0.05) is 36.3 Å². The van der Waals surface area contributed by atoms with Crippen LogP contribution in [0.1, 0.15) is 43.5 Å². The van der Waals surface area contributed by atoms with Crippen molar-refractivity contribution >= 4 is 29.3 Å². The van der Waals surface area contributed by atoms with Gasteiger partial charge in [-0.15, -0.1) is 0 Å². The number of rotatable bonds is 8. The quantitative estimate of drug-likeness (QED) is 0.598. The van der Waals surface area contributed by atoms with Crippen molar-refractivity contribution in [2.45, 2.75) is 33.1 Å². The highest BCUT2D eigenvalue weighted by atomic mass is 16.5. The number of primary amides is 1. The number of aromatic nitrogens is 2. The summed E-state index contributed by atoms with van der Waals surface area (Å²) in [7, 11) is 0. The second-order valence-corrected chi connectivity index (χ2v) is 8.13. The summed E-state index contributed by atoms with van der Waals surface area (Å²) in [5, 5.41) is 3.43. The molecule has 0 atom stereocenters. The fraction of sp³-hybridized carbons (Fsp3) is 0.346. The SMILES string of the molecule is CC/C=C(/C=C(\CC)c1ccccc1)Nc1nc2c(c(N3CCOCC3)n1)CC(C(N)=O)=C2. The molecule has 4 rings (SSSR count). The third-order valence-electron chi connectivity index (χ3n) is 5.86. The third kappa shape index (κ3) is 5.31. The number of amides is 1. The van der Waals surface area contributed by atoms with Crippen molar-refractivity contribution in [3.63, 3.8) is 0 Å². The molecule has 1 aliphatic carbocycles. The number of nitrogens with two attached hydrogens (primary N) is 1. The molecular weight excluding hydrogens is 414 g/mol. The van der Waals surface area contributed by atoms with Crippen LogP contribution < -0.4 is 16.0 Å². The van der Waals surface area contributed by atoms with Crippen LogP contribution in [0.3, 0.4) is 0 Å². The highest BCUT2D eigenvalue weighted by Crippen LogP contribution is 2.33. The number of morpholine rings is 1. The molecular formula is C26H31N5O2. The van der Waals surface area contributed by atoms with Crippen molar-refractivity contribution in [2.24, 2.45) is 5.73 Å². The normalized spacial score (nSPS) is 16.4. The van der Waals surface area contributed by atoms with Gasteiger partial charge in [-0.3, -0.25) is 4.79 Å². The monoisotopic (exact) mass is 445 g/mol. The van der Waals surface area contributed by atoms with Gasteiger partial charge in [0.15, 0.2) is 0 Å². The fourth-order valence-electron chi connectivity index (χ4n) is 4.16. The fourth-order valence-corrected chi connectivity index (χ4v) is 4.16. The maximum absolute atomic E-state index is 11.8. The number of nitrogens with zero attached hydrogens (tertiary/aromatic N) is 3. The van der Waals surface area contributed by atoms with Crippen LogP contribution in [-0.4, -0.2) is 42.2 Å². The van der Waals surface area contributed by atoms with Crippen LogP contribution in [0.15, 0.2) is 53.8 Å². The van der Waals surface area contributed by atoms with Gasteiger partial charge < -0.3 is 20.7 Å². The Kier molecular flexibility index (Phi) is 7.19. The first kappa shape index (κ1) is 22.7. The van der Waals surface area contributed by atoms with E-state index in [0.717, 1.165) is 48.7 Å². The van der Waals surface area contributed by atoms with Gasteiger partial charge in [-0.05, 0) is 36.1 Å². The number of hydrogen-bond acceptors (Lipinski definition) is 6. The van der Waals surface area contributed by atoms with Crippen LogP contribution in [0.2, 0.25) is 0 Å². The van der Waals surface area contributed by atoms with Gasteiger partial charge >= 0.3 is 0 Å². The highest BCUT2D eigenvalue weighted by molar-refractivity contribution is 5.99. The van der Waals surface area contributed by atoms with Crippen molar-refractivity contribution < 1.29 is 9.53 Å². The molecule has 1 saturated heterocycles. The number of allylic oxidation sites excluding steroid dienone is 3. The Balaban J connectivity index is 1.70. The van der Waals surface area contributed by atoms with Gasteiger partial charge in [-0.2, -0.15) is 4.98 Å². The summed E-state index contributed by atoms with van der Waals surface area (Å²) < 4.78 is 5.52. The van der Waals surface area contributed by atoms with E-state index in [1.54, 1.807) is 6.08 Å². The molecule has 7 heteroatoms. The maximum Gasteiger partial charge on any atom is 0.245 e. The summed E-state index contributed by atoms with van der Waals surface area (Å²) in [6, 6.07) is 10.4. The standard InChI is InChI=1S/C26H31N5O2/c1-3-8-21(15-18(4-2)19-9-6-5-7-10-19)28-26-29-23-17-20(24(27)32)16-22(23)25(30-26)31-11-13-33-14-12-31/h5-10,15,17H,3-4,11-14,16H2,1-2H3,(H2,27,32)(H,28,29,30)/b18-15+,21-8-. The first-order valence-corrected chi connectivity index (χ1v) is 11.6.